The highest BCUT2D eigenvalue weighted by molar-refractivity contribution is 5.92. The molecule has 2 aromatic carbocycles. The van der Waals surface area contributed by atoms with Crippen LogP contribution in [0.1, 0.15) is 67.9 Å². The fraction of sp³-hybridized carbons (Fsp3) is 0.412. The van der Waals surface area contributed by atoms with E-state index in [-0.39, 0.29) is 36.9 Å². The molecule has 0 aromatic heterocycles. The SMILES string of the molecule is CC1=CC(N(C)C(=O)C(C)(C)c2cc(C(F)(F)F)cc(C(F)(F)F)c2)=C(c2ccc(F)cc2C)C=C(C2CC(=O)NC2CN)CC1. The van der Waals surface area contributed by atoms with E-state index in [2.05, 4.69) is 5.32 Å². The first-order valence-corrected chi connectivity index (χ1v) is 14.7. The molecule has 1 heterocycles. The molecule has 1 fully saturated rings. The van der Waals surface area contributed by atoms with Crippen LogP contribution in [0.2, 0.25) is 0 Å². The van der Waals surface area contributed by atoms with Crippen LogP contribution in [0.25, 0.3) is 5.57 Å². The number of alkyl halides is 6. The molecule has 3 N–H and O–H groups in total. The van der Waals surface area contributed by atoms with Crippen molar-refractivity contribution in [2.24, 2.45) is 11.7 Å². The fourth-order valence-electron chi connectivity index (χ4n) is 6.06. The summed E-state index contributed by atoms with van der Waals surface area (Å²) in [5, 5.41) is 2.88. The van der Waals surface area contributed by atoms with Gasteiger partial charge in [0.1, 0.15) is 5.82 Å². The van der Waals surface area contributed by atoms with Crippen molar-refractivity contribution >= 4 is 17.4 Å². The smallest absolute Gasteiger partial charge is 0.351 e. The van der Waals surface area contributed by atoms with Crippen molar-refractivity contribution in [3.63, 3.8) is 0 Å². The van der Waals surface area contributed by atoms with Gasteiger partial charge >= 0.3 is 12.4 Å². The molecule has 2 amide bonds. The molecule has 2 aromatic rings. The van der Waals surface area contributed by atoms with Crippen molar-refractivity contribution in [2.45, 2.75) is 70.8 Å². The van der Waals surface area contributed by atoms with Crippen molar-refractivity contribution in [2.75, 3.05) is 13.6 Å². The molecule has 2 unspecified atom stereocenters. The lowest BCUT2D eigenvalue weighted by Gasteiger charge is -2.33. The summed E-state index contributed by atoms with van der Waals surface area (Å²) in [6, 6.07) is 4.94. The molecule has 5 nitrogen and oxygen atoms in total. The predicted molar refractivity (Wildman–Crippen MR) is 160 cm³/mol. The summed E-state index contributed by atoms with van der Waals surface area (Å²) in [6.07, 6.45) is -5.30. The first-order valence-electron chi connectivity index (χ1n) is 14.7. The first kappa shape index (κ1) is 34.9. The third kappa shape index (κ3) is 7.22. The Kier molecular flexibility index (Phi) is 9.64. The minimum Gasteiger partial charge on any atom is -0.351 e. The predicted octanol–water partition coefficient (Wildman–Crippen LogP) is 7.45. The highest BCUT2D eigenvalue weighted by Gasteiger charge is 2.42. The molecule has 0 spiro atoms. The lowest BCUT2D eigenvalue weighted by Crippen LogP contribution is -2.41. The number of nitrogens with one attached hydrogen (secondary N) is 1. The number of halogens is 7. The van der Waals surface area contributed by atoms with E-state index < -0.39 is 46.2 Å². The summed E-state index contributed by atoms with van der Waals surface area (Å²) in [5.41, 5.74) is 4.18. The second kappa shape index (κ2) is 12.7. The summed E-state index contributed by atoms with van der Waals surface area (Å²) in [4.78, 5) is 27.8. The van der Waals surface area contributed by atoms with E-state index in [1.54, 1.807) is 19.1 Å². The quantitative estimate of drug-likeness (QED) is 0.319. The zero-order valence-corrected chi connectivity index (χ0v) is 26.1. The van der Waals surface area contributed by atoms with Gasteiger partial charge in [-0.3, -0.25) is 9.59 Å². The molecule has 1 aliphatic heterocycles. The van der Waals surface area contributed by atoms with Gasteiger partial charge in [-0.25, -0.2) is 4.39 Å². The van der Waals surface area contributed by atoms with E-state index in [4.69, 9.17) is 5.73 Å². The van der Waals surface area contributed by atoms with E-state index in [1.165, 1.54) is 37.9 Å². The number of nitrogens with two attached hydrogens (primary N) is 1. The highest BCUT2D eigenvalue weighted by Crippen LogP contribution is 2.41. The number of allylic oxidation sites excluding steroid dienone is 4. The molecule has 4 rings (SSSR count). The average molecular weight is 652 g/mol. The van der Waals surface area contributed by atoms with E-state index in [9.17, 15) is 40.3 Å². The lowest BCUT2D eigenvalue weighted by molar-refractivity contribution is -0.143. The number of carbonyl (C=O) groups is 2. The Hall–Kier alpha value is -3.93. The van der Waals surface area contributed by atoms with Crippen LogP contribution in [0.3, 0.4) is 0 Å². The zero-order valence-electron chi connectivity index (χ0n) is 26.1. The second-order valence-corrected chi connectivity index (χ2v) is 12.5. The number of aryl methyl sites for hydroxylation is 1. The summed E-state index contributed by atoms with van der Waals surface area (Å²) in [5.74, 6) is -1.68. The van der Waals surface area contributed by atoms with Crippen molar-refractivity contribution in [1.29, 1.82) is 0 Å². The zero-order chi connectivity index (χ0) is 34.4. The number of hydrogen-bond acceptors (Lipinski definition) is 3. The van der Waals surface area contributed by atoms with Crippen LogP contribution in [-0.2, 0) is 27.4 Å². The third-order valence-electron chi connectivity index (χ3n) is 8.75. The summed E-state index contributed by atoms with van der Waals surface area (Å²) in [6.45, 7) is 6.25. The normalized spacial score (nSPS) is 19.7. The molecule has 46 heavy (non-hydrogen) atoms. The van der Waals surface area contributed by atoms with Crippen molar-refractivity contribution in [1.82, 2.24) is 10.2 Å². The van der Waals surface area contributed by atoms with Gasteiger partial charge in [-0.05, 0) is 93.6 Å². The summed E-state index contributed by atoms with van der Waals surface area (Å²) in [7, 11) is 1.40. The minimum atomic E-state index is -5.09. The Balaban J connectivity index is 1.94. The Morgan fingerprint density at radius 3 is 2.07 bits per heavy atom. The van der Waals surface area contributed by atoms with Crippen LogP contribution in [0, 0.1) is 18.7 Å². The third-order valence-corrected chi connectivity index (χ3v) is 8.75. The molecule has 1 saturated heterocycles. The van der Waals surface area contributed by atoms with Gasteiger partial charge in [-0.15, -0.1) is 0 Å². The van der Waals surface area contributed by atoms with Gasteiger partial charge in [0.15, 0.2) is 0 Å². The maximum absolute atomic E-state index is 14.2. The maximum atomic E-state index is 14.2. The van der Waals surface area contributed by atoms with Crippen LogP contribution in [-0.4, -0.2) is 36.3 Å². The number of nitrogens with zero attached hydrogens (tertiary/aromatic N) is 1. The van der Waals surface area contributed by atoms with Gasteiger partial charge < -0.3 is 16.0 Å². The fourth-order valence-corrected chi connectivity index (χ4v) is 6.06. The maximum Gasteiger partial charge on any atom is 0.416 e. The van der Waals surface area contributed by atoms with Crippen molar-refractivity contribution in [3.05, 3.63) is 99.0 Å². The number of rotatable bonds is 6. The van der Waals surface area contributed by atoms with Crippen molar-refractivity contribution < 1.29 is 40.3 Å². The molecule has 12 heteroatoms. The topological polar surface area (TPSA) is 75.4 Å². The molecule has 2 aliphatic rings. The van der Waals surface area contributed by atoms with Crippen LogP contribution in [0.4, 0.5) is 30.7 Å². The molecular formula is C34H36F7N3O2. The molecule has 2 atom stereocenters. The lowest BCUT2D eigenvalue weighted by atomic mass is 9.80. The summed E-state index contributed by atoms with van der Waals surface area (Å²) >= 11 is 0. The van der Waals surface area contributed by atoms with Crippen molar-refractivity contribution in [3.8, 4) is 0 Å². The van der Waals surface area contributed by atoms with Gasteiger partial charge in [0.05, 0.1) is 22.2 Å². The molecule has 0 saturated carbocycles. The van der Waals surface area contributed by atoms with E-state index in [0.29, 0.717) is 47.4 Å². The van der Waals surface area contributed by atoms with Crippen LogP contribution in [0.5, 0.6) is 0 Å². The molecule has 248 valence electrons. The Morgan fingerprint density at radius 1 is 0.935 bits per heavy atom. The van der Waals surface area contributed by atoms with E-state index in [1.807, 2.05) is 13.0 Å². The van der Waals surface area contributed by atoms with Crippen LogP contribution in [0.15, 0.2) is 65.4 Å². The van der Waals surface area contributed by atoms with Gasteiger partial charge in [0.25, 0.3) is 0 Å². The Morgan fingerprint density at radius 2 is 1.52 bits per heavy atom. The number of carbonyl (C=O) groups excluding carboxylic acids is 2. The van der Waals surface area contributed by atoms with Crippen LogP contribution >= 0.6 is 0 Å². The second-order valence-electron chi connectivity index (χ2n) is 12.5. The Labute approximate surface area is 263 Å². The largest absolute Gasteiger partial charge is 0.416 e. The first-order chi connectivity index (χ1) is 21.2. The standard InChI is InChI=1S/C34H36F7N3O2/c1-18-6-7-20(26-16-30(45)43-28(26)17-42)12-27(25-9-8-24(35)11-19(25)2)29(10-18)44(5)31(46)32(3,4)21-13-22(33(36,37)38)15-23(14-21)34(39,40)41/h8-15,26,28H,6-7,16-17,42H2,1-5H3,(H,43,45). The van der Waals surface area contributed by atoms with E-state index in [0.717, 1.165) is 11.1 Å². The molecule has 0 radical (unpaired) electrons. The number of amides is 2. The van der Waals surface area contributed by atoms with Gasteiger partial charge in [0.2, 0.25) is 11.8 Å². The molecule has 0 bridgehead atoms. The average Bonchev–Trinajstić information content (AvgIpc) is 3.34. The van der Waals surface area contributed by atoms with E-state index >= 15 is 0 Å². The number of likely N-dealkylation sites (N-methyl/N-ethyl adjacent to an activating group) is 1. The molecular weight excluding hydrogens is 615 g/mol. The Bertz CT molecular complexity index is 1600. The number of benzene rings is 2. The highest BCUT2D eigenvalue weighted by atomic mass is 19.4. The van der Waals surface area contributed by atoms with Crippen LogP contribution < -0.4 is 11.1 Å². The minimum absolute atomic E-state index is 0.0240. The number of hydrogen-bond donors (Lipinski definition) is 2. The van der Waals surface area contributed by atoms with Gasteiger partial charge in [-0.2, -0.15) is 26.3 Å². The van der Waals surface area contributed by atoms with Gasteiger partial charge in [-0.1, -0.05) is 23.3 Å². The monoisotopic (exact) mass is 651 g/mol. The molecule has 1 aliphatic carbocycles. The van der Waals surface area contributed by atoms with Gasteiger partial charge in [0, 0.05) is 37.5 Å². The summed E-state index contributed by atoms with van der Waals surface area (Å²) < 4.78 is 96.4.